The van der Waals surface area contributed by atoms with Crippen LogP contribution in [0.2, 0.25) is 0 Å². The molecule has 0 saturated heterocycles. The third-order valence-corrected chi connectivity index (χ3v) is 11.0. The van der Waals surface area contributed by atoms with Crippen LogP contribution in [0, 0.1) is 0 Å². The lowest BCUT2D eigenvalue weighted by Gasteiger charge is -2.39. The van der Waals surface area contributed by atoms with Crippen LogP contribution in [-0.2, 0) is 6.42 Å². The molecule has 8 aromatic rings. The number of anilines is 1. The zero-order valence-corrected chi connectivity index (χ0v) is 29.9. The summed E-state index contributed by atoms with van der Waals surface area (Å²) in [5.41, 5.74) is 14.3. The van der Waals surface area contributed by atoms with E-state index in [1.807, 2.05) is 18.2 Å². The van der Waals surface area contributed by atoms with Crippen LogP contribution in [0.4, 0.5) is 5.69 Å². The van der Waals surface area contributed by atoms with Crippen molar-refractivity contribution >= 4 is 22.0 Å². The predicted molar refractivity (Wildman–Crippen MR) is 223 cm³/mol. The molecule has 0 radical (unpaired) electrons. The van der Waals surface area contributed by atoms with Crippen molar-refractivity contribution in [1.29, 1.82) is 0 Å². The van der Waals surface area contributed by atoms with E-state index in [9.17, 15) is 0 Å². The highest BCUT2D eigenvalue weighted by Crippen LogP contribution is 2.48. The Labute approximate surface area is 316 Å². The fraction of sp³-hybridized carbons (Fsp3) is 0.0784. The molecule has 0 amide bonds. The van der Waals surface area contributed by atoms with Gasteiger partial charge in [0.2, 0.25) is 5.89 Å². The second kappa shape index (κ2) is 13.7. The first-order valence-corrected chi connectivity index (χ1v) is 18.8. The maximum atomic E-state index is 6.67. The second-order valence-electron chi connectivity index (χ2n) is 14.2. The summed E-state index contributed by atoms with van der Waals surface area (Å²) in [6.07, 6.45) is 7.26. The minimum absolute atomic E-state index is 0.00442. The van der Waals surface area contributed by atoms with Crippen LogP contribution >= 0.6 is 0 Å². The minimum atomic E-state index is -0.00442. The van der Waals surface area contributed by atoms with E-state index < -0.39 is 0 Å². The third kappa shape index (κ3) is 5.75. The molecule has 3 heteroatoms. The lowest BCUT2D eigenvalue weighted by atomic mass is 9.85. The molecule has 0 bridgehead atoms. The molecule has 258 valence electrons. The summed E-state index contributed by atoms with van der Waals surface area (Å²) in [5.74, 6) is 1.59. The molecular weight excluding hydrogens is 657 g/mol. The van der Waals surface area contributed by atoms with E-state index in [-0.39, 0.29) is 6.04 Å². The Bertz CT molecular complexity index is 2680. The molecule has 7 aromatic carbocycles. The summed E-state index contributed by atoms with van der Waals surface area (Å²) < 4.78 is 6.67. The number of oxazole rings is 1. The van der Waals surface area contributed by atoms with Crippen molar-refractivity contribution in [2.45, 2.75) is 25.3 Å². The number of hydrogen-bond acceptors (Lipinski definition) is 3. The van der Waals surface area contributed by atoms with E-state index in [1.54, 1.807) is 0 Å². The predicted octanol–water partition coefficient (Wildman–Crippen LogP) is 13.4. The van der Waals surface area contributed by atoms with E-state index in [0.29, 0.717) is 12.3 Å². The monoisotopic (exact) mass is 694 g/mol. The number of rotatable bonds is 7. The van der Waals surface area contributed by atoms with Gasteiger partial charge >= 0.3 is 0 Å². The molecule has 0 saturated carbocycles. The zero-order valence-electron chi connectivity index (χ0n) is 29.9. The average Bonchev–Trinajstić information content (AvgIpc) is 3.70. The zero-order chi connectivity index (χ0) is 35.8. The third-order valence-electron chi connectivity index (χ3n) is 11.0. The van der Waals surface area contributed by atoms with Gasteiger partial charge in [-0.15, -0.1) is 0 Å². The maximum absolute atomic E-state index is 6.67. The fourth-order valence-electron chi connectivity index (χ4n) is 8.42. The number of aromatic nitrogens is 1. The molecule has 1 heterocycles. The Kier molecular flexibility index (Phi) is 8.11. The van der Waals surface area contributed by atoms with E-state index in [2.05, 4.69) is 175 Å². The molecule has 0 aliphatic heterocycles. The van der Waals surface area contributed by atoms with Crippen LogP contribution in [0.15, 0.2) is 198 Å². The lowest BCUT2D eigenvalue weighted by Crippen LogP contribution is -2.32. The van der Waals surface area contributed by atoms with Crippen molar-refractivity contribution in [2.24, 2.45) is 0 Å². The Morgan fingerprint density at radius 1 is 0.519 bits per heavy atom. The Hall–Kier alpha value is -6.71. The molecular formula is C51H38N2O. The Morgan fingerprint density at radius 2 is 1.19 bits per heavy atom. The summed E-state index contributed by atoms with van der Waals surface area (Å²) in [6.45, 7) is 0. The van der Waals surface area contributed by atoms with Gasteiger partial charge in [0.15, 0.2) is 0 Å². The topological polar surface area (TPSA) is 29.3 Å². The van der Waals surface area contributed by atoms with Crippen LogP contribution in [0.3, 0.4) is 0 Å². The number of allylic oxidation sites excluding steroid dienone is 4. The minimum Gasteiger partial charge on any atom is -0.440 e. The van der Waals surface area contributed by atoms with Gasteiger partial charge in [-0.25, -0.2) is 4.98 Å². The van der Waals surface area contributed by atoms with Crippen LogP contribution in [0.5, 0.6) is 0 Å². The van der Waals surface area contributed by atoms with Crippen molar-refractivity contribution in [3.05, 3.63) is 211 Å². The van der Waals surface area contributed by atoms with E-state index in [0.717, 1.165) is 41.1 Å². The van der Waals surface area contributed by atoms with Crippen molar-refractivity contribution in [1.82, 2.24) is 4.98 Å². The Balaban J connectivity index is 1.16. The molecule has 10 rings (SSSR count). The first kappa shape index (κ1) is 32.0. The molecule has 2 aliphatic rings. The van der Waals surface area contributed by atoms with Gasteiger partial charge in [0.1, 0.15) is 11.5 Å². The maximum Gasteiger partial charge on any atom is 0.226 e. The van der Waals surface area contributed by atoms with Gasteiger partial charge in [-0.3, -0.25) is 0 Å². The molecule has 0 spiro atoms. The smallest absolute Gasteiger partial charge is 0.226 e. The van der Waals surface area contributed by atoms with Gasteiger partial charge in [-0.05, 0) is 92.9 Å². The van der Waals surface area contributed by atoms with Crippen LogP contribution in [0.25, 0.3) is 61.3 Å². The van der Waals surface area contributed by atoms with E-state index >= 15 is 0 Å². The van der Waals surface area contributed by atoms with E-state index in [4.69, 9.17) is 9.40 Å². The van der Waals surface area contributed by atoms with Gasteiger partial charge in [0.25, 0.3) is 0 Å². The average molecular weight is 695 g/mol. The molecule has 0 N–H and O–H groups in total. The van der Waals surface area contributed by atoms with Crippen molar-refractivity contribution < 1.29 is 4.42 Å². The van der Waals surface area contributed by atoms with Crippen LogP contribution in [-0.4, -0.2) is 4.98 Å². The first-order chi connectivity index (χ1) is 26.8. The standard InChI is InChI=1S/C51H38N2O/c1-4-15-35(16-5-1)36-27-29-40(30-28-36)53(48-34-49-50(46-25-13-12-24-45(46)48)52-51(54-49)39-20-8-3-9-21-39)41-31-32-44(47(33-41)38-17-6-2-7-18-38)43-26-14-22-37-19-10-11-23-42(37)43/h1-27,29,31-33,48H,28,30,34H2. The summed E-state index contributed by atoms with van der Waals surface area (Å²) in [7, 11) is 0. The number of benzene rings is 7. The normalized spacial score (nSPS) is 14.9. The molecule has 2 aliphatic carbocycles. The van der Waals surface area contributed by atoms with Crippen LogP contribution in [0.1, 0.15) is 35.8 Å². The van der Waals surface area contributed by atoms with Gasteiger partial charge in [-0.1, -0.05) is 158 Å². The molecule has 0 fully saturated rings. The highest BCUT2D eigenvalue weighted by Gasteiger charge is 2.35. The second-order valence-corrected chi connectivity index (χ2v) is 14.2. The van der Waals surface area contributed by atoms with Crippen LogP contribution < -0.4 is 4.90 Å². The van der Waals surface area contributed by atoms with Crippen molar-refractivity contribution in [3.8, 4) is 45.0 Å². The molecule has 1 unspecified atom stereocenters. The van der Waals surface area contributed by atoms with E-state index in [1.165, 1.54) is 55.4 Å². The van der Waals surface area contributed by atoms with Gasteiger partial charge in [0, 0.05) is 28.9 Å². The Morgan fingerprint density at radius 3 is 1.96 bits per heavy atom. The summed E-state index contributed by atoms with van der Waals surface area (Å²) >= 11 is 0. The highest BCUT2D eigenvalue weighted by molar-refractivity contribution is 6.01. The summed E-state index contributed by atoms with van der Waals surface area (Å²) in [4.78, 5) is 7.69. The molecule has 1 aromatic heterocycles. The summed E-state index contributed by atoms with van der Waals surface area (Å²) in [5, 5.41) is 2.49. The first-order valence-electron chi connectivity index (χ1n) is 18.8. The lowest BCUT2D eigenvalue weighted by molar-refractivity contribution is 0.486. The fourth-order valence-corrected chi connectivity index (χ4v) is 8.42. The quantitative estimate of drug-likeness (QED) is 0.166. The number of fused-ring (bicyclic) bond motifs is 4. The SMILES string of the molecule is C1=C(c2ccccc2)CCC(N(c2ccc(-c3cccc4ccccc34)c(-c3ccccc3)c2)C2Cc3oc(-c4ccccc4)nc3-c3ccccc32)=C1. The summed E-state index contributed by atoms with van der Waals surface area (Å²) in [6, 6.07) is 63.0. The van der Waals surface area contributed by atoms with Gasteiger partial charge < -0.3 is 9.32 Å². The van der Waals surface area contributed by atoms with Crippen molar-refractivity contribution in [2.75, 3.05) is 4.90 Å². The van der Waals surface area contributed by atoms with Gasteiger partial charge in [0.05, 0.1) is 6.04 Å². The highest BCUT2D eigenvalue weighted by atomic mass is 16.4. The number of nitrogens with zero attached hydrogens (tertiary/aromatic N) is 2. The number of hydrogen-bond donors (Lipinski definition) is 0. The van der Waals surface area contributed by atoms with Gasteiger partial charge in [-0.2, -0.15) is 0 Å². The van der Waals surface area contributed by atoms with Crippen molar-refractivity contribution in [3.63, 3.8) is 0 Å². The molecule has 3 nitrogen and oxygen atoms in total. The molecule has 54 heavy (non-hydrogen) atoms. The molecule has 1 atom stereocenters. The largest absolute Gasteiger partial charge is 0.440 e.